The third kappa shape index (κ3) is 3.70. The summed E-state index contributed by atoms with van der Waals surface area (Å²) in [6.45, 7) is 2.58. The number of hydrogen-bond acceptors (Lipinski definition) is 3. The molecule has 1 N–H and O–H groups in total. The lowest BCUT2D eigenvalue weighted by Gasteiger charge is -2.22. The van der Waals surface area contributed by atoms with Gasteiger partial charge >= 0.3 is 0 Å². The smallest absolute Gasteiger partial charge is 0.220 e. The lowest BCUT2D eigenvalue weighted by molar-refractivity contribution is -0.121. The van der Waals surface area contributed by atoms with Crippen LogP contribution in [0.3, 0.4) is 0 Å². The second kappa shape index (κ2) is 6.33. The van der Waals surface area contributed by atoms with Crippen LogP contribution in [-0.4, -0.2) is 31.4 Å². The maximum atomic E-state index is 11.4. The highest BCUT2D eigenvalue weighted by Crippen LogP contribution is 2.17. The van der Waals surface area contributed by atoms with Gasteiger partial charge < -0.3 is 9.73 Å². The van der Waals surface area contributed by atoms with E-state index < -0.39 is 0 Å². The number of amides is 1. The third-order valence-electron chi connectivity index (χ3n) is 2.46. The van der Waals surface area contributed by atoms with Gasteiger partial charge in [-0.1, -0.05) is 6.92 Å². The van der Waals surface area contributed by atoms with E-state index in [0.29, 0.717) is 13.0 Å². The first kappa shape index (κ1) is 12.8. The Hall–Kier alpha value is -1.29. The maximum Gasteiger partial charge on any atom is 0.220 e. The van der Waals surface area contributed by atoms with Crippen LogP contribution >= 0.6 is 0 Å². The molecule has 90 valence electrons. The van der Waals surface area contributed by atoms with Crippen LogP contribution in [0.1, 0.15) is 31.6 Å². The van der Waals surface area contributed by atoms with E-state index in [1.807, 2.05) is 38.1 Å². The molecular weight excluding hydrogens is 204 g/mol. The van der Waals surface area contributed by atoms with Gasteiger partial charge in [-0.25, -0.2) is 0 Å². The molecule has 0 unspecified atom stereocenters. The summed E-state index contributed by atoms with van der Waals surface area (Å²) < 4.78 is 5.36. The Labute approximate surface area is 96.6 Å². The van der Waals surface area contributed by atoms with Crippen molar-refractivity contribution in [2.45, 2.75) is 25.8 Å². The lowest BCUT2D eigenvalue weighted by atomic mass is 10.2. The summed E-state index contributed by atoms with van der Waals surface area (Å²) in [5.74, 6) is 0.975. The molecule has 1 rings (SSSR count). The van der Waals surface area contributed by atoms with Crippen LogP contribution < -0.4 is 5.32 Å². The summed E-state index contributed by atoms with van der Waals surface area (Å²) in [5, 5.41) is 2.91. The Balaban J connectivity index is 2.50. The third-order valence-corrected chi connectivity index (χ3v) is 2.46. The van der Waals surface area contributed by atoms with Gasteiger partial charge in [-0.3, -0.25) is 9.69 Å². The quantitative estimate of drug-likeness (QED) is 0.801. The zero-order valence-corrected chi connectivity index (χ0v) is 10.2. The molecule has 0 saturated carbocycles. The first-order chi connectivity index (χ1) is 7.65. The summed E-state index contributed by atoms with van der Waals surface area (Å²) in [6.07, 6.45) is 3.11. The largest absolute Gasteiger partial charge is 0.468 e. The second-order valence-electron chi connectivity index (χ2n) is 4.05. The van der Waals surface area contributed by atoms with E-state index in [1.54, 1.807) is 6.26 Å². The van der Waals surface area contributed by atoms with Gasteiger partial charge in [0.2, 0.25) is 5.91 Å². The lowest BCUT2D eigenvalue weighted by Crippen LogP contribution is -2.34. The minimum Gasteiger partial charge on any atom is -0.468 e. The Bertz CT molecular complexity index is 307. The highest BCUT2D eigenvalue weighted by atomic mass is 16.3. The first-order valence-corrected chi connectivity index (χ1v) is 5.61. The summed E-state index contributed by atoms with van der Waals surface area (Å²) in [4.78, 5) is 13.4. The summed E-state index contributed by atoms with van der Waals surface area (Å²) in [5.41, 5.74) is 0. The normalized spacial score (nSPS) is 12.8. The predicted molar refractivity (Wildman–Crippen MR) is 63.1 cm³/mol. The van der Waals surface area contributed by atoms with Gasteiger partial charge in [0.15, 0.2) is 0 Å². The Morgan fingerprint density at radius 1 is 1.56 bits per heavy atom. The van der Waals surface area contributed by atoms with Gasteiger partial charge in [0.25, 0.3) is 0 Å². The van der Waals surface area contributed by atoms with Crippen LogP contribution in [0.15, 0.2) is 22.8 Å². The molecule has 1 amide bonds. The minimum absolute atomic E-state index is 0.0933. The Morgan fingerprint density at radius 2 is 2.31 bits per heavy atom. The molecule has 4 nitrogen and oxygen atoms in total. The van der Waals surface area contributed by atoms with Crippen LogP contribution in [0.4, 0.5) is 0 Å². The molecule has 0 aliphatic carbocycles. The molecule has 0 bridgehead atoms. The van der Waals surface area contributed by atoms with Gasteiger partial charge in [0.1, 0.15) is 5.76 Å². The van der Waals surface area contributed by atoms with Crippen molar-refractivity contribution >= 4 is 5.91 Å². The van der Waals surface area contributed by atoms with Gasteiger partial charge in [-0.15, -0.1) is 0 Å². The van der Waals surface area contributed by atoms with E-state index in [-0.39, 0.29) is 11.9 Å². The van der Waals surface area contributed by atoms with Crippen molar-refractivity contribution in [2.24, 2.45) is 0 Å². The van der Waals surface area contributed by atoms with Crippen molar-refractivity contribution in [3.63, 3.8) is 0 Å². The Kier molecular flexibility index (Phi) is 5.05. The van der Waals surface area contributed by atoms with Gasteiger partial charge in [-0.2, -0.15) is 0 Å². The number of nitrogens with zero attached hydrogens (tertiary/aromatic N) is 1. The topological polar surface area (TPSA) is 45.5 Å². The molecular formula is C12H20N2O2. The number of carbonyl (C=O) groups excluding carboxylic acids is 1. The highest BCUT2D eigenvalue weighted by molar-refractivity contribution is 5.75. The van der Waals surface area contributed by atoms with E-state index in [2.05, 4.69) is 5.32 Å². The molecule has 1 atom stereocenters. The monoisotopic (exact) mass is 224 g/mol. The van der Waals surface area contributed by atoms with Gasteiger partial charge in [0, 0.05) is 13.0 Å². The van der Waals surface area contributed by atoms with Crippen molar-refractivity contribution < 1.29 is 9.21 Å². The molecule has 0 fully saturated rings. The fourth-order valence-corrected chi connectivity index (χ4v) is 1.54. The zero-order valence-electron chi connectivity index (χ0n) is 10.2. The van der Waals surface area contributed by atoms with E-state index in [0.717, 1.165) is 12.2 Å². The van der Waals surface area contributed by atoms with Crippen molar-refractivity contribution in [1.82, 2.24) is 10.2 Å². The molecule has 0 radical (unpaired) electrons. The molecule has 4 heteroatoms. The molecule has 0 aromatic carbocycles. The van der Waals surface area contributed by atoms with Crippen molar-refractivity contribution in [3.05, 3.63) is 24.2 Å². The van der Waals surface area contributed by atoms with E-state index >= 15 is 0 Å². The number of nitrogens with one attached hydrogen (secondary N) is 1. The molecule has 16 heavy (non-hydrogen) atoms. The van der Waals surface area contributed by atoms with Crippen LogP contribution in [0, 0.1) is 0 Å². The predicted octanol–water partition coefficient (Wildman–Crippen LogP) is 1.80. The highest BCUT2D eigenvalue weighted by Gasteiger charge is 2.17. The maximum absolute atomic E-state index is 11.4. The molecule has 0 spiro atoms. The summed E-state index contributed by atoms with van der Waals surface area (Å²) in [7, 11) is 3.94. The van der Waals surface area contributed by atoms with Crippen molar-refractivity contribution in [1.29, 1.82) is 0 Å². The van der Waals surface area contributed by atoms with E-state index in [1.165, 1.54) is 0 Å². The zero-order chi connectivity index (χ0) is 12.0. The molecule has 1 aromatic rings. The molecule has 1 heterocycles. The van der Waals surface area contributed by atoms with Crippen molar-refractivity contribution in [3.8, 4) is 0 Å². The van der Waals surface area contributed by atoms with Gasteiger partial charge in [0.05, 0.1) is 12.3 Å². The minimum atomic E-state index is 0.0933. The molecule has 0 saturated heterocycles. The first-order valence-electron chi connectivity index (χ1n) is 5.61. The van der Waals surface area contributed by atoms with Crippen molar-refractivity contribution in [2.75, 3.05) is 20.6 Å². The number of furan rings is 1. The summed E-state index contributed by atoms with van der Waals surface area (Å²) >= 11 is 0. The number of likely N-dealkylation sites (N-methyl/N-ethyl adjacent to an activating group) is 1. The van der Waals surface area contributed by atoms with E-state index in [9.17, 15) is 4.79 Å². The van der Waals surface area contributed by atoms with Crippen LogP contribution in [0.2, 0.25) is 0 Å². The average molecular weight is 224 g/mol. The van der Waals surface area contributed by atoms with Gasteiger partial charge in [-0.05, 0) is 32.6 Å². The standard InChI is InChI=1S/C12H20N2O2/c1-4-6-12(15)13-9-10(14(2)3)11-7-5-8-16-11/h5,7-8,10H,4,6,9H2,1-3H3,(H,13,15)/t10-/m1/s1. The number of hydrogen-bond donors (Lipinski definition) is 1. The number of carbonyl (C=O) groups is 1. The second-order valence-corrected chi connectivity index (χ2v) is 4.05. The van der Waals surface area contributed by atoms with Crippen LogP contribution in [0.5, 0.6) is 0 Å². The number of rotatable bonds is 6. The summed E-state index contributed by atoms with van der Waals surface area (Å²) in [6, 6.07) is 3.88. The molecule has 0 aliphatic rings. The fourth-order valence-electron chi connectivity index (χ4n) is 1.54. The van der Waals surface area contributed by atoms with Crippen LogP contribution in [-0.2, 0) is 4.79 Å². The molecule has 1 aromatic heterocycles. The average Bonchev–Trinajstić information content (AvgIpc) is 2.71. The Morgan fingerprint density at radius 3 is 2.81 bits per heavy atom. The van der Waals surface area contributed by atoms with Crippen LogP contribution in [0.25, 0.3) is 0 Å². The van der Waals surface area contributed by atoms with E-state index in [4.69, 9.17) is 4.42 Å². The molecule has 0 aliphatic heterocycles. The SMILES string of the molecule is CCCC(=O)NC[C@H](c1ccco1)N(C)C. The fraction of sp³-hybridized carbons (Fsp3) is 0.583.